The van der Waals surface area contributed by atoms with Crippen LogP contribution in [0.4, 0.5) is 0 Å². The number of benzene rings is 1. The Bertz CT molecular complexity index is 639. The normalized spacial score (nSPS) is 19.7. The average molecular weight is 297 g/mol. The summed E-state index contributed by atoms with van der Waals surface area (Å²) in [7, 11) is -2.25. The molecule has 1 atom stereocenters. The molecular formula is C12H15N3O4S. The summed E-state index contributed by atoms with van der Waals surface area (Å²) in [5, 5.41) is 7.97. The number of primary sulfonamides is 1. The molecule has 0 bridgehead atoms. The van der Waals surface area contributed by atoms with Gasteiger partial charge in [0.15, 0.2) is 0 Å². The van der Waals surface area contributed by atoms with Crippen LogP contribution in [0.3, 0.4) is 0 Å². The Morgan fingerprint density at radius 2 is 1.90 bits per heavy atom. The number of hydrogen-bond acceptors (Lipinski definition) is 5. The van der Waals surface area contributed by atoms with E-state index in [0.717, 1.165) is 10.5 Å². The van der Waals surface area contributed by atoms with Crippen molar-refractivity contribution in [2.75, 3.05) is 7.05 Å². The molecule has 0 aliphatic carbocycles. The molecule has 8 heteroatoms. The van der Waals surface area contributed by atoms with Crippen molar-refractivity contribution in [1.29, 1.82) is 0 Å². The van der Waals surface area contributed by atoms with Gasteiger partial charge in [0.1, 0.15) is 0 Å². The number of likely N-dealkylation sites (N-methyl/N-ethyl adjacent to an activating group) is 1. The van der Waals surface area contributed by atoms with Crippen LogP contribution in [-0.2, 0) is 26.2 Å². The first kappa shape index (κ1) is 14.6. The van der Waals surface area contributed by atoms with Gasteiger partial charge in [-0.2, -0.15) is 0 Å². The van der Waals surface area contributed by atoms with Gasteiger partial charge in [0, 0.05) is 13.6 Å². The number of nitrogens with two attached hydrogens (primary N) is 1. The summed E-state index contributed by atoms with van der Waals surface area (Å²) in [5.41, 5.74) is 0.798. The minimum atomic E-state index is -3.70. The van der Waals surface area contributed by atoms with Crippen molar-refractivity contribution in [3.05, 3.63) is 29.8 Å². The van der Waals surface area contributed by atoms with E-state index < -0.39 is 16.1 Å². The molecule has 2 rings (SSSR count). The summed E-state index contributed by atoms with van der Waals surface area (Å²) in [5.74, 6) is -0.465. The summed E-state index contributed by atoms with van der Waals surface area (Å²) in [6, 6.07) is 5.50. The minimum Gasteiger partial charge on any atom is -0.301 e. The van der Waals surface area contributed by atoms with Gasteiger partial charge in [0.05, 0.1) is 17.4 Å². The standard InChI is InChI=1S/C12H15N3O4S/c1-15-11(16)6-10(12(15)17)14-7-8-2-4-9(5-3-8)20(13,18)19/h2-5,10,14H,6-7H2,1H3,(H2,13,18,19)/t10-/m0/s1. The third kappa shape index (κ3) is 3.03. The fourth-order valence-electron chi connectivity index (χ4n) is 1.95. The molecule has 1 aromatic rings. The zero-order chi connectivity index (χ0) is 14.9. The second-order valence-corrected chi connectivity index (χ2v) is 6.18. The number of likely N-dealkylation sites (tertiary alicyclic amines) is 1. The fourth-order valence-corrected chi connectivity index (χ4v) is 2.47. The molecule has 0 unspecified atom stereocenters. The molecule has 108 valence electrons. The van der Waals surface area contributed by atoms with Crippen LogP contribution < -0.4 is 10.5 Å². The van der Waals surface area contributed by atoms with E-state index >= 15 is 0 Å². The Balaban J connectivity index is 1.99. The number of carbonyl (C=O) groups is 2. The Hall–Kier alpha value is -1.77. The second kappa shape index (κ2) is 5.31. The van der Waals surface area contributed by atoms with Gasteiger partial charge in [-0.05, 0) is 17.7 Å². The molecule has 1 heterocycles. The van der Waals surface area contributed by atoms with Crippen LogP contribution in [0.1, 0.15) is 12.0 Å². The van der Waals surface area contributed by atoms with Gasteiger partial charge < -0.3 is 5.32 Å². The Morgan fingerprint density at radius 3 is 2.35 bits per heavy atom. The second-order valence-electron chi connectivity index (χ2n) is 4.62. The smallest absolute Gasteiger partial charge is 0.246 e. The molecule has 7 nitrogen and oxygen atoms in total. The maximum atomic E-state index is 11.7. The highest BCUT2D eigenvalue weighted by atomic mass is 32.2. The van der Waals surface area contributed by atoms with Crippen molar-refractivity contribution >= 4 is 21.8 Å². The van der Waals surface area contributed by atoms with Gasteiger partial charge >= 0.3 is 0 Å². The zero-order valence-corrected chi connectivity index (χ0v) is 11.7. The predicted molar refractivity (Wildman–Crippen MR) is 70.8 cm³/mol. The summed E-state index contributed by atoms with van der Waals surface area (Å²) in [6.07, 6.45) is 0.143. The largest absolute Gasteiger partial charge is 0.301 e. The van der Waals surface area contributed by atoms with E-state index in [4.69, 9.17) is 5.14 Å². The van der Waals surface area contributed by atoms with Gasteiger partial charge in [0.25, 0.3) is 0 Å². The van der Waals surface area contributed by atoms with Crippen LogP contribution in [0, 0.1) is 0 Å². The molecule has 1 aliphatic heterocycles. The third-order valence-corrected chi connectivity index (χ3v) is 4.12. The van der Waals surface area contributed by atoms with Crippen molar-refractivity contribution in [2.45, 2.75) is 23.9 Å². The van der Waals surface area contributed by atoms with E-state index in [-0.39, 0.29) is 23.1 Å². The summed E-state index contributed by atoms with van der Waals surface area (Å²) in [4.78, 5) is 24.1. The topological polar surface area (TPSA) is 110 Å². The van der Waals surface area contributed by atoms with Gasteiger partial charge in [-0.25, -0.2) is 13.6 Å². The third-order valence-electron chi connectivity index (χ3n) is 3.19. The molecule has 20 heavy (non-hydrogen) atoms. The molecule has 1 saturated heterocycles. The summed E-state index contributed by atoms with van der Waals surface area (Å²) >= 11 is 0. The van der Waals surface area contributed by atoms with E-state index in [1.165, 1.54) is 19.2 Å². The lowest BCUT2D eigenvalue weighted by Crippen LogP contribution is -2.36. The van der Waals surface area contributed by atoms with Crippen LogP contribution in [0.15, 0.2) is 29.2 Å². The lowest BCUT2D eigenvalue weighted by molar-refractivity contribution is -0.137. The Kier molecular flexibility index (Phi) is 3.89. The maximum Gasteiger partial charge on any atom is 0.246 e. The number of nitrogens with zero attached hydrogens (tertiary/aromatic N) is 1. The molecule has 1 aromatic carbocycles. The first-order chi connectivity index (χ1) is 9.29. The SMILES string of the molecule is CN1C(=O)C[C@H](NCc2ccc(S(N)(=O)=O)cc2)C1=O. The van der Waals surface area contributed by atoms with E-state index in [0.29, 0.717) is 6.54 Å². The number of hydrogen-bond donors (Lipinski definition) is 2. The number of carbonyl (C=O) groups excluding carboxylic acids is 2. The molecule has 3 N–H and O–H groups in total. The quantitative estimate of drug-likeness (QED) is 0.706. The van der Waals surface area contributed by atoms with E-state index in [1.54, 1.807) is 12.1 Å². The van der Waals surface area contributed by atoms with Crippen LogP contribution in [0.25, 0.3) is 0 Å². The number of sulfonamides is 1. The van der Waals surface area contributed by atoms with Crippen LogP contribution in [0.5, 0.6) is 0 Å². The lowest BCUT2D eigenvalue weighted by Gasteiger charge is -2.11. The van der Waals surface area contributed by atoms with Gasteiger partial charge in [0.2, 0.25) is 21.8 Å². The molecular weight excluding hydrogens is 282 g/mol. The maximum absolute atomic E-state index is 11.7. The predicted octanol–water partition coefficient (Wildman–Crippen LogP) is -0.819. The van der Waals surface area contributed by atoms with Crippen LogP contribution >= 0.6 is 0 Å². The van der Waals surface area contributed by atoms with Crippen molar-refractivity contribution in [3.8, 4) is 0 Å². The molecule has 2 amide bonds. The lowest BCUT2D eigenvalue weighted by atomic mass is 10.2. The monoisotopic (exact) mass is 297 g/mol. The van der Waals surface area contributed by atoms with Gasteiger partial charge in [-0.1, -0.05) is 12.1 Å². The van der Waals surface area contributed by atoms with Crippen molar-refractivity contribution in [1.82, 2.24) is 10.2 Å². The van der Waals surface area contributed by atoms with Crippen molar-refractivity contribution in [2.24, 2.45) is 5.14 Å². The van der Waals surface area contributed by atoms with E-state index in [9.17, 15) is 18.0 Å². The molecule has 0 spiro atoms. The summed E-state index contributed by atoms with van der Waals surface area (Å²) in [6.45, 7) is 0.364. The fraction of sp³-hybridized carbons (Fsp3) is 0.333. The molecule has 1 aliphatic rings. The average Bonchev–Trinajstić information content (AvgIpc) is 2.63. The number of imide groups is 1. The molecule has 0 radical (unpaired) electrons. The molecule has 0 saturated carbocycles. The zero-order valence-electron chi connectivity index (χ0n) is 10.9. The number of nitrogens with one attached hydrogen (secondary N) is 1. The summed E-state index contributed by atoms with van der Waals surface area (Å²) < 4.78 is 22.2. The first-order valence-corrected chi connectivity index (χ1v) is 7.49. The van der Waals surface area contributed by atoms with Crippen molar-refractivity contribution < 1.29 is 18.0 Å². The van der Waals surface area contributed by atoms with Gasteiger partial charge in [-0.15, -0.1) is 0 Å². The van der Waals surface area contributed by atoms with Crippen LogP contribution in [-0.4, -0.2) is 38.2 Å². The molecule has 1 fully saturated rings. The number of amides is 2. The highest BCUT2D eigenvalue weighted by Gasteiger charge is 2.35. The van der Waals surface area contributed by atoms with E-state index in [2.05, 4.69) is 5.32 Å². The Labute approximate surface area is 116 Å². The van der Waals surface area contributed by atoms with E-state index in [1.807, 2.05) is 0 Å². The Morgan fingerprint density at radius 1 is 1.30 bits per heavy atom. The van der Waals surface area contributed by atoms with Gasteiger partial charge in [-0.3, -0.25) is 14.5 Å². The highest BCUT2D eigenvalue weighted by Crippen LogP contribution is 2.12. The highest BCUT2D eigenvalue weighted by molar-refractivity contribution is 7.89. The van der Waals surface area contributed by atoms with Crippen molar-refractivity contribution in [3.63, 3.8) is 0 Å². The number of rotatable bonds is 4. The molecule has 0 aromatic heterocycles. The minimum absolute atomic E-state index is 0.0353. The first-order valence-electron chi connectivity index (χ1n) is 5.94. The van der Waals surface area contributed by atoms with Crippen LogP contribution in [0.2, 0.25) is 0 Å².